The Morgan fingerprint density at radius 3 is 2.71 bits per heavy atom. The molecule has 0 aromatic carbocycles. The van der Waals surface area contributed by atoms with E-state index in [4.69, 9.17) is 11.6 Å². The van der Waals surface area contributed by atoms with Gasteiger partial charge in [0.05, 0.1) is 23.8 Å². The van der Waals surface area contributed by atoms with Crippen LogP contribution < -0.4 is 4.90 Å². The van der Waals surface area contributed by atoms with Gasteiger partial charge < -0.3 is 4.90 Å². The predicted molar refractivity (Wildman–Crippen MR) is 108 cm³/mol. The molecule has 0 N–H and O–H groups in total. The Balaban J connectivity index is 1.82. The smallest absolute Gasteiger partial charge is 0.245 e. The number of nitrogens with zero attached hydrogens (tertiary/aromatic N) is 5. The van der Waals surface area contributed by atoms with E-state index in [0.717, 1.165) is 17.1 Å². The third-order valence-corrected chi connectivity index (χ3v) is 7.28. The van der Waals surface area contributed by atoms with Crippen molar-refractivity contribution in [3.8, 4) is 5.69 Å². The monoisotopic (exact) mass is 425 g/mol. The highest BCUT2D eigenvalue weighted by atomic mass is 35.5. The molecule has 0 saturated heterocycles. The first kappa shape index (κ1) is 20.8. The van der Waals surface area contributed by atoms with Gasteiger partial charge in [0, 0.05) is 19.8 Å². The van der Waals surface area contributed by atoms with E-state index in [1.54, 1.807) is 43.2 Å². The number of halogens is 1. The third-order valence-electron chi connectivity index (χ3n) is 4.92. The van der Waals surface area contributed by atoms with Crippen LogP contribution in [0.2, 0.25) is 5.15 Å². The molecule has 1 fully saturated rings. The summed E-state index contributed by atoms with van der Waals surface area (Å²) in [6.07, 6.45) is 6.79. The molecule has 1 atom stereocenters. The lowest BCUT2D eigenvalue weighted by molar-refractivity contribution is -0.121. The van der Waals surface area contributed by atoms with Crippen molar-refractivity contribution < 1.29 is 13.2 Å². The molecule has 2 aromatic heterocycles. The second kappa shape index (κ2) is 8.18. The van der Waals surface area contributed by atoms with Gasteiger partial charge in [-0.25, -0.2) is 13.1 Å². The number of likely N-dealkylation sites (N-methyl/N-ethyl adjacent to an activating group) is 2. The second-order valence-electron chi connectivity index (χ2n) is 6.96. The van der Waals surface area contributed by atoms with Crippen molar-refractivity contribution in [2.75, 3.05) is 24.2 Å². The summed E-state index contributed by atoms with van der Waals surface area (Å²) in [7, 11) is -2.04. The van der Waals surface area contributed by atoms with Gasteiger partial charge in [-0.3, -0.25) is 9.78 Å². The number of aromatic nitrogens is 3. The number of carbonyl (C=O) groups excluding carboxylic acids is 1. The molecule has 0 aliphatic heterocycles. The highest BCUT2D eigenvalue weighted by Gasteiger charge is 2.36. The summed E-state index contributed by atoms with van der Waals surface area (Å²) in [6, 6.07) is 2.75. The fraction of sp³-hybridized carbons (Fsp3) is 0.500. The van der Waals surface area contributed by atoms with Gasteiger partial charge in [0.1, 0.15) is 11.7 Å². The standard InChI is InChI=1S/C18H24ClN5O3S/c1-4-23(16-11-24(21-17(16)19)15-6-5-9-20-10-15)18(25)13(2)22(3)28(26,27)12-14-7-8-14/h5-6,9-11,13-14H,4,7-8,12H2,1-3H3. The Hall–Kier alpha value is -1.97. The molecule has 10 heteroatoms. The van der Waals surface area contributed by atoms with Crippen molar-refractivity contribution >= 4 is 33.2 Å². The first-order valence-electron chi connectivity index (χ1n) is 9.17. The van der Waals surface area contributed by atoms with Gasteiger partial charge in [0.25, 0.3) is 0 Å². The molecule has 1 unspecified atom stereocenters. The van der Waals surface area contributed by atoms with Crippen LogP contribution in [-0.2, 0) is 14.8 Å². The van der Waals surface area contributed by atoms with Crippen molar-refractivity contribution in [1.82, 2.24) is 19.1 Å². The lowest BCUT2D eigenvalue weighted by Gasteiger charge is -2.28. The molecule has 0 radical (unpaired) electrons. The molecular formula is C18H24ClN5O3S. The molecule has 2 aromatic rings. The third kappa shape index (κ3) is 4.37. The average Bonchev–Trinajstić information content (AvgIpc) is 3.41. The Bertz CT molecular complexity index is 943. The number of hydrogen-bond donors (Lipinski definition) is 0. The quantitative estimate of drug-likeness (QED) is 0.647. The molecule has 1 aliphatic rings. The van der Waals surface area contributed by atoms with Gasteiger partial charge in [-0.15, -0.1) is 0 Å². The van der Waals surface area contributed by atoms with Gasteiger partial charge in [0.2, 0.25) is 15.9 Å². The zero-order chi connectivity index (χ0) is 20.5. The second-order valence-corrected chi connectivity index (χ2v) is 9.39. The summed E-state index contributed by atoms with van der Waals surface area (Å²) >= 11 is 6.29. The number of amides is 1. The van der Waals surface area contributed by atoms with Gasteiger partial charge in [-0.1, -0.05) is 11.6 Å². The summed E-state index contributed by atoms with van der Waals surface area (Å²) in [5.41, 5.74) is 1.13. The van der Waals surface area contributed by atoms with E-state index in [1.807, 2.05) is 6.07 Å². The number of sulfonamides is 1. The van der Waals surface area contributed by atoms with E-state index in [1.165, 1.54) is 11.9 Å². The van der Waals surface area contributed by atoms with E-state index in [2.05, 4.69) is 10.1 Å². The van der Waals surface area contributed by atoms with Crippen molar-refractivity contribution in [1.29, 1.82) is 0 Å². The minimum absolute atomic E-state index is 0.0902. The van der Waals surface area contributed by atoms with Crippen LogP contribution in [0.15, 0.2) is 30.7 Å². The van der Waals surface area contributed by atoms with E-state index in [-0.39, 0.29) is 22.7 Å². The number of rotatable bonds is 8. The van der Waals surface area contributed by atoms with Crippen LogP contribution in [0.4, 0.5) is 5.69 Å². The molecule has 0 bridgehead atoms. The first-order chi connectivity index (χ1) is 13.2. The average molecular weight is 426 g/mol. The van der Waals surface area contributed by atoms with E-state index in [0.29, 0.717) is 17.9 Å². The molecule has 1 aliphatic carbocycles. The van der Waals surface area contributed by atoms with E-state index >= 15 is 0 Å². The molecular weight excluding hydrogens is 402 g/mol. The molecule has 152 valence electrons. The van der Waals surface area contributed by atoms with Crippen LogP contribution in [0.1, 0.15) is 26.7 Å². The summed E-state index contributed by atoms with van der Waals surface area (Å²) in [6.45, 7) is 3.73. The summed E-state index contributed by atoms with van der Waals surface area (Å²) in [5, 5.41) is 4.41. The maximum Gasteiger partial charge on any atom is 0.245 e. The minimum Gasteiger partial charge on any atom is -0.307 e. The molecule has 1 saturated carbocycles. The van der Waals surface area contributed by atoms with Crippen molar-refractivity contribution in [3.63, 3.8) is 0 Å². The van der Waals surface area contributed by atoms with Crippen molar-refractivity contribution in [3.05, 3.63) is 35.9 Å². The molecule has 28 heavy (non-hydrogen) atoms. The first-order valence-corrected chi connectivity index (χ1v) is 11.2. The van der Waals surface area contributed by atoms with Gasteiger partial charge in [-0.2, -0.15) is 9.40 Å². The lowest BCUT2D eigenvalue weighted by Crippen LogP contribution is -2.48. The van der Waals surface area contributed by atoms with Crippen molar-refractivity contribution in [2.45, 2.75) is 32.7 Å². The van der Waals surface area contributed by atoms with Crippen LogP contribution >= 0.6 is 11.6 Å². The Morgan fingerprint density at radius 1 is 1.43 bits per heavy atom. The van der Waals surface area contributed by atoms with Crippen LogP contribution in [0.5, 0.6) is 0 Å². The van der Waals surface area contributed by atoms with E-state index < -0.39 is 16.1 Å². The van der Waals surface area contributed by atoms with Crippen molar-refractivity contribution in [2.24, 2.45) is 5.92 Å². The van der Waals surface area contributed by atoms with Crippen LogP contribution in [0.25, 0.3) is 5.69 Å². The predicted octanol–water partition coefficient (Wildman–Crippen LogP) is 2.33. The van der Waals surface area contributed by atoms with Gasteiger partial charge in [0.15, 0.2) is 5.15 Å². The highest BCUT2D eigenvalue weighted by molar-refractivity contribution is 7.89. The molecule has 3 rings (SSSR count). The molecule has 2 heterocycles. The highest BCUT2D eigenvalue weighted by Crippen LogP contribution is 2.32. The maximum atomic E-state index is 13.1. The maximum absolute atomic E-state index is 13.1. The molecule has 0 spiro atoms. The number of pyridine rings is 1. The summed E-state index contributed by atoms with van der Waals surface area (Å²) in [4.78, 5) is 18.6. The topological polar surface area (TPSA) is 88.4 Å². The lowest BCUT2D eigenvalue weighted by atomic mass is 10.2. The Morgan fingerprint density at radius 2 is 2.14 bits per heavy atom. The Kier molecular flexibility index (Phi) is 6.07. The zero-order valence-corrected chi connectivity index (χ0v) is 17.7. The molecule has 8 nitrogen and oxygen atoms in total. The Labute approximate surface area is 170 Å². The van der Waals surface area contributed by atoms with Crippen LogP contribution in [0.3, 0.4) is 0 Å². The van der Waals surface area contributed by atoms with Crippen LogP contribution in [0, 0.1) is 5.92 Å². The number of hydrogen-bond acceptors (Lipinski definition) is 5. The fourth-order valence-electron chi connectivity index (χ4n) is 2.91. The van der Waals surface area contributed by atoms with E-state index in [9.17, 15) is 13.2 Å². The zero-order valence-electron chi connectivity index (χ0n) is 16.1. The minimum atomic E-state index is -3.49. The summed E-state index contributed by atoms with van der Waals surface area (Å²) in [5.74, 6) is -0.0476. The fourth-order valence-corrected chi connectivity index (χ4v) is 4.88. The normalized spacial score (nSPS) is 15.6. The molecule has 1 amide bonds. The van der Waals surface area contributed by atoms with Gasteiger partial charge >= 0.3 is 0 Å². The SMILES string of the molecule is CCN(C(=O)C(C)N(C)S(=O)(=O)CC1CC1)c1cn(-c2cccnc2)nc1Cl. The number of anilines is 1. The number of carbonyl (C=O) groups is 1. The van der Waals surface area contributed by atoms with Crippen LogP contribution in [-0.4, -0.2) is 58.8 Å². The largest absolute Gasteiger partial charge is 0.307 e. The summed E-state index contributed by atoms with van der Waals surface area (Å²) < 4.78 is 27.8. The van der Waals surface area contributed by atoms with Gasteiger partial charge in [-0.05, 0) is 44.7 Å².